The van der Waals surface area contributed by atoms with E-state index in [-0.39, 0.29) is 12.4 Å². The van der Waals surface area contributed by atoms with Crippen LogP contribution in [0.2, 0.25) is 0 Å². The minimum Gasteiger partial charge on any atom is -0.399 e. The number of halogens is 1. The van der Waals surface area contributed by atoms with Gasteiger partial charge in [-0.25, -0.2) is 0 Å². The van der Waals surface area contributed by atoms with E-state index in [0.717, 1.165) is 5.69 Å². The Hall–Kier alpha value is -0.690. The predicted molar refractivity (Wildman–Crippen MR) is 52.3 cm³/mol. The van der Waals surface area contributed by atoms with Gasteiger partial charge in [0.1, 0.15) is 0 Å². The quantitative estimate of drug-likeness (QED) is 0.597. The third-order valence-corrected chi connectivity index (χ3v) is 1.95. The molecule has 62 valence electrons. The summed E-state index contributed by atoms with van der Waals surface area (Å²) in [4.78, 5) is 0. The van der Waals surface area contributed by atoms with Gasteiger partial charge in [-0.05, 0) is 49.6 Å². The first-order chi connectivity index (χ1) is 4.61. The minimum atomic E-state index is 0. The molecule has 0 amide bonds. The van der Waals surface area contributed by atoms with Crippen LogP contribution in [0.25, 0.3) is 0 Å². The van der Waals surface area contributed by atoms with Gasteiger partial charge >= 0.3 is 0 Å². The van der Waals surface area contributed by atoms with Crippen molar-refractivity contribution >= 4 is 18.1 Å². The summed E-state index contributed by atoms with van der Waals surface area (Å²) in [6.45, 7) is 6.28. The number of benzene rings is 1. The molecule has 0 saturated heterocycles. The summed E-state index contributed by atoms with van der Waals surface area (Å²) in [5.41, 5.74) is 10.4. The molecule has 0 aromatic heterocycles. The Labute approximate surface area is 74.0 Å². The van der Waals surface area contributed by atoms with Crippen LogP contribution in [0.3, 0.4) is 0 Å². The van der Waals surface area contributed by atoms with Gasteiger partial charge in [0.2, 0.25) is 0 Å². The second kappa shape index (κ2) is 3.63. The molecule has 1 aromatic carbocycles. The van der Waals surface area contributed by atoms with Crippen LogP contribution in [0, 0.1) is 20.8 Å². The lowest BCUT2D eigenvalue weighted by atomic mass is 10.0. The van der Waals surface area contributed by atoms with E-state index in [1.54, 1.807) is 0 Å². The summed E-state index contributed by atoms with van der Waals surface area (Å²) in [6.07, 6.45) is 0. The monoisotopic (exact) mass is 171 g/mol. The molecule has 0 bridgehead atoms. The fraction of sp³-hybridized carbons (Fsp3) is 0.333. The number of nitrogen functional groups attached to an aromatic ring is 1. The van der Waals surface area contributed by atoms with Crippen molar-refractivity contribution in [2.75, 3.05) is 5.73 Å². The van der Waals surface area contributed by atoms with E-state index in [0.29, 0.717) is 0 Å². The van der Waals surface area contributed by atoms with Gasteiger partial charge in [-0.15, -0.1) is 12.4 Å². The van der Waals surface area contributed by atoms with E-state index >= 15 is 0 Å². The molecule has 0 unspecified atom stereocenters. The molecule has 0 aliphatic heterocycles. The summed E-state index contributed by atoms with van der Waals surface area (Å²) in [5, 5.41) is 0. The molecular weight excluding hydrogens is 158 g/mol. The molecule has 2 heteroatoms. The first kappa shape index (κ1) is 10.3. The van der Waals surface area contributed by atoms with Crippen LogP contribution in [-0.2, 0) is 0 Å². The van der Waals surface area contributed by atoms with Gasteiger partial charge in [-0.1, -0.05) is 0 Å². The normalized spacial score (nSPS) is 9.00. The fourth-order valence-electron chi connectivity index (χ4n) is 1.07. The van der Waals surface area contributed by atoms with Gasteiger partial charge in [0, 0.05) is 5.69 Å². The van der Waals surface area contributed by atoms with Gasteiger partial charge < -0.3 is 5.73 Å². The van der Waals surface area contributed by atoms with Crippen molar-refractivity contribution in [2.24, 2.45) is 0 Å². The Kier molecular flexibility index (Phi) is 3.40. The van der Waals surface area contributed by atoms with Crippen molar-refractivity contribution in [1.82, 2.24) is 0 Å². The number of rotatable bonds is 0. The highest BCUT2D eigenvalue weighted by molar-refractivity contribution is 5.85. The van der Waals surface area contributed by atoms with Gasteiger partial charge in [0.25, 0.3) is 0 Å². The van der Waals surface area contributed by atoms with Crippen LogP contribution >= 0.6 is 12.4 Å². The lowest BCUT2D eigenvalue weighted by Crippen LogP contribution is -1.91. The van der Waals surface area contributed by atoms with E-state index in [4.69, 9.17) is 5.73 Å². The van der Waals surface area contributed by atoms with E-state index < -0.39 is 0 Å². The Morgan fingerprint density at radius 2 is 1.36 bits per heavy atom. The van der Waals surface area contributed by atoms with Crippen molar-refractivity contribution in [2.45, 2.75) is 20.8 Å². The smallest absolute Gasteiger partial charge is 0.0319 e. The molecule has 1 nitrogen and oxygen atoms in total. The Morgan fingerprint density at radius 1 is 1.00 bits per heavy atom. The second-order valence-corrected chi connectivity index (χ2v) is 2.78. The van der Waals surface area contributed by atoms with Crippen molar-refractivity contribution < 1.29 is 0 Å². The number of aryl methyl sites for hydroxylation is 2. The van der Waals surface area contributed by atoms with Gasteiger partial charge in [-0.3, -0.25) is 0 Å². The van der Waals surface area contributed by atoms with Crippen LogP contribution in [0.4, 0.5) is 5.69 Å². The van der Waals surface area contributed by atoms with Crippen molar-refractivity contribution in [3.05, 3.63) is 28.8 Å². The Bertz CT molecular complexity index is 233. The number of hydrogen-bond donors (Lipinski definition) is 1. The van der Waals surface area contributed by atoms with Crippen LogP contribution in [0.15, 0.2) is 12.1 Å². The zero-order chi connectivity index (χ0) is 7.72. The highest BCUT2D eigenvalue weighted by Crippen LogP contribution is 2.15. The third kappa shape index (κ3) is 2.12. The summed E-state index contributed by atoms with van der Waals surface area (Å²) in [5.74, 6) is 0. The molecule has 0 radical (unpaired) electrons. The molecule has 0 aliphatic carbocycles. The average molecular weight is 172 g/mol. The molecule has 11 heavy (non-hydrogen) atoms. The Morgan fingerprint density at radius 3 is 1.73 bits per heavy atom. The van der Waals surface area contributed by atoms with Crippen LogP contribution in [-0.4, -0.2) is 0 Å². The number of nitrogens with two attached hydrogens (primary N) is 1. The summed E-state index contributed by atoms with van der Waals surface area (Å²) in [7, 11) is 0. The van der Waals surface area contributed by atoms with Crippen LogP contribution in [0.5, 0.6) is 0 Å². The molecule has 0 aliphatic rings. The predicted octanol–water partition coefficient (Wildman–Crippen LogP) is 2.62. The molecule has 1 aromatic rings. The summed E-state index contributed by atoms with van der Waals surface area (Å²) < 4.78 is 0. The summed E-state index contributed by atoms with van der Waals surface area (Å²) >= 11 is 0. The lowest BCUT2D eigenvalue weighted by Gasteiger charge is -2.04. The first-order valence-corrected chi connectivity index (χ1v) is 3.44. The standard InChI is InChI=1S/C9H13N.ClH/c1-6-4-9(10)5-7(2)8(6)3;/h4-5H,10H2,1-3H3;1H. The highest BCUT2D eigenvalue weighted by atomic mass is 35.5. The minimum absolute atomic E-state index is 0. The van der Waals surface area contributed by atoms with Crippen molar-refractivity contribution in [3.8, 4) is 0 Å². The van der Waals surface area contributed by atoms with Crippen molar-refractivity contribution in [3.63, 3.8) is 0 Å². The topological polar surface area (TPSA) is 26.0 Å². The highest BCUT2D eigenvalue weighted by Gasteiger charge is 1.96. The second-order valence-electron chi connectivity index (χ2n) is 2.78. The van der Waals surface area contributed by atoms with E-state index in [1.807, 2.05) is 12.1 Å². The molecular formula is C9H14ClN. The molecule has 1 rings (SSSR count). The van der Waals surface area contributed by atoms with Crippen LogP contribution < -0.4 is 5.73 Å². The van der Waals surface area contributed by atoms with Crippen molar-refractivity contribution in [1.29, 1.82) is 0 Å². The molecule has 0 saturated carbocycles. The lowest BCUT2D eigenvalue weighted by molar-refractivity contribution is 1.27. The van der Waals surface area contributed by atoms with E-state index in [9.17, 15) is 0 Å². The fourth-order valence-corrected chi connectivity index (χ4v) is 1.07. The van der Waals surface area contributed by atoms with Gasteiger partial charge in [0.05, 0.1) is 0 Å². The molecule has 0 heterocycles. The first-order valence-electron chi connectivity index (χ1n) is 3.44. The maximum Gasteiger partial charge on any atom is 0.0319 e. The molecule has 0 atom stereocenters. The average Bonchev–Trinajstić information content (AvgIpc) is 1.82. The largest absolute Gasteiger partial charge is 0.399 e. The molecule has 2 N–H and O–H groups in total. The molecule has 0 spiro atoms. The third-order valence-electron chi connectivity index (χ3n) is 1.95. The zero-order valence-electron chi connectivity index (χ0n) is 7.14. The van der Waals surface area contributed by atoms with E-state index in [1.165, 1.54) is 16.7 Å². The number of anilines is 1. The van der Waals surface area contributed by atoms with Crippen LogP contribution in [0.1, 0.15) is 16.7 Å². The SMILES string of the molecule is Cc1cc(N)cc(C)c1C.Cl. The molecule has 0 fully saturated rings. The van der Waals surface area contributed by atoms with E-state index in [2.05, 4.69) is 20.8 Å². The number of hydrogen-bond acceptors (Lipinski definition) is 1. The maximum atomic E-state index is 5.63. The zero-order valence-corrected chi connectivity index (χ0v) is 7.96. The van der Waals surface area contributed by atoms with Gasteiger partial charge in [0.15, 0.2) is 0 Å². The Balaban J connectivity index is 0.000001000. The summed E-state index contributed by atoms with van der Waals surface area (Å²) in [6, 6.07) is 4.00. The maximum absolute atomic E-state index is 5.63. The van der Waals surface area contributed by atoms with Gasteiger partial charge in [-0.2, -0.15) is 0 Å².